The number of rotatable bonds is 3. The Labute approximate surface area is 111 Å². The third kappa shape index (κ3) is 2.19. The molecule has 0 fully saturated rings. The highest BCUT2D eigenvalue weighted by atomic mass is 16.6. The summed E-state index contributed by atoms with van der Waals surface area (Å²) in [5.74, 6) is 2.04. The van der Waals surface area contributed by atoms with Crippen molar-refractivity contribution in [3.05, 3.63) is 12.1 Å². The fourth-order valence-electron chi connectivity index (χ4n) is 2.22. The van der Waals surface area contributed by atoms with Crippen LogP contribution in [-0.4, -0.2) is 48.3 Å². The second-order valence-electron chi connectivity index (χ2n) is 4.91. The Hall–Kier alpha value is -1.95. The van der Waals surface area contributed by atoms with Crippen molar-refractivity contribution in [1.29, 1.82) is 0 Å². The zero-order valence-electron chi connectivity index (χ0n) is 11.2. The number of hydrogen-bond acceptors (Lipinski definition) is 5. The molecule has 1 aromatic carbocycles. The maximum absolute atomic E-state index is 5.99. The van der Waals surface area contributed by atoms with Crippen molar-refractivity contribution in [3.63, 3.8) is 0 Å². The summed E-state index contributed by atoms with van der Waals surface area (Å²) >= 11 is 0. The van der Waals surface area contributed by atoms with E-state index >= 15 is 0 Å². The number of nitrogens with zero attached hydrogens (tertiary/aromatic N) is 3. The molecule has 19 heavy (non-hydrogen) atoms. The normalized spacial score (nSPS) is 14.3. The van der Waals surface area contributed by atoms with E-state index in [9.17, 15) is 0 Å². The van der Waals surface area contributed by atoms with Gasteiger partial charge in [0.05, 0.1) is 11.0 Å². The summed E-state index contributed by atoms with van der Waals surface area (Å²) in [6.07, 6.45) is 0. The summed E-state index contributed by atoms with van der Waals surface area (Å²) in [6.45, 7) is 2.87. The van der Waals surface area contributed by atoms with Crippen LogP contribution >= 0.6 is 0 Å². The molecule has 0 spiro atoms. The average Bonchev–Trinajstić information content (AvgIpc) is 2.68. The van der Waals surface area contributed by atoms with E-state index in [1.807, 2.05) is 30.8 Å². The molecule has 0 amide bonds. The van der Waals surface area contributed by atoms with Crippen LogP contribution in [0, 0.1) is 0 Å². The van der Waals surface area contributed by atoms with E-state index in [0.29, 0.717) is 19.2 Å². The number of anilines is 1. The van der Waals surface area contributed by atoms with Gasteiger partial charge in [-0.3, -0.25) is 0 Å². The largest absolute Gasteiger partial charge is 0.486 e. The van der Waals surface area contributed by atoms with E-state index in [-0.39, 0.29) is 0 Å². The number of imidazole rings is 1. The zero-order chi connectivity index (χ0) is 13.4. The highest BCUT2D eigenvalue weighted by Gasteiger charge is 2.17. The molecule has 0 aliphatic carbocycles. The van der Waals surface area contributed by atoms with Gasteiger partial charge in [-0.15, -0.1) is 0 Å². The first-order valence-electron chi connectivity index (χ1n) is 6.35. The standard InChI is InChI=1S/C13H18N4O2/c1-16(2)3-4-17-10-8-12-11(18-5-6-19-12)7-9(10)15-13(17)14/h7-8H,3-6H2,1-2H3,(H2,14,15). The lowest BCUT2D eigenvalue weighted by molar-refractivity contribution is 0.172. The lowest BCUT2D eigenvalue weighted by atomic mass is 10.2. The first-order chi connectivity index (χ1) is 9.15. The molecule has 0 bridgehead atoms. The minimum absolute atomic E-state index is 0.527. The number of fused-ring (bicyclic) bond motifs is 2. The van der Waals surface area contributed by atoms with Gasteiger partial charge >= 0.3 is 0 Å². The minimum Gasteiger partial charge on any atom is -0.486 e. The number of ether oxygens (including phenoxy) is 2. The molecule has 1 aliphatic rings. The maximum Gasteiger partial charge on any atom is 0.201 e. The van der Waals surface area contributed by atoms with Crippen molar-refractivity contribution < 1.29 is 9.47 Å². The van der Waals surface area contributed by atoms with Gasteiger partial charge in [0.2, 0.25) is 5.95 Å². The average molecular weight is 262 g/mol. The summed E-state index contributed by atoms with van der Waals surface area (Å²) in [7, 11) is 4.07. The highest BCUT2D eigenvalue weighted by molar-refractivity contribution is 5.82. The Kier molecular flexibility index (Phi) is 2.94. The summed E-state index contributed by atoms with van der Waals surface area (Å²) in [5, 5.41) is 0. The topological polar surface area (TPSA) is 65.5 Å². The van der Waals surface area contributed by atoms with E-state index in [1.54, 1.807) is 0 Å². The summed E-state index contributed by atoms with van der Waals surface area (Å²) < 4.78 is 13.2. The minimum atomic E-state index is 0.527. The van der Waals surface area contributed by atoms with Crippen LogP contribution < -0.4 is 15.2 Å². The predicted molar refractivity (Wildman–Crippen MR) is 73.7 cm³/mol. The highest BCUT2D eigenvalue weighted by Crippen LogP contribution is 2.35. The van der Waals surface area contributed by atoms with Crippen LogP contribution in [0.15, 0.2) is 12.1 Å². The van der Waals surface area contributed by atoms with Crippen molar-refractivity contribution in [2.24, 2.45) is 0 Å². The summed E-state index contributed by atoms with van der Waals surface area (Å²) in [4.78, 5) is 6.50. The van der Waals surface area contributed by atoms with E-state index in [0.717, 1.165) is 35.6 Å². The van der Waals surface area contributed by atoms with Gasteiger partial charge in [-0.1, -0.05) is 0 Å². The molecule has 0 unspecified atom stereocenters. The van der Waals surface area contributed by atoms with Crippen LogP contribution in [0.5, 0.6) is 11.5 Å². The molecular formula is C13H18N4O2. The van der Waals surface area contributed by atoms with Gasteiger partial charge in [0.1, 0.15) is 13.2 Å². The Morgan fingerprint density at radius 1 is 1.26 bits per heavy atom. The van der Waals surface area contributed by atoms with E-state index < -0.39 is 0 Å². The zero-order valence-corrected chi connectivity index (χ0v) is 11.2. The molecule has 102 valence electrons. The molecule has 2 N–H and O–H groups in total. The van der Waals surface area contributed by atoms with Gasteiger partial charge in [0, 0.05) is 25.2 Å². The van der Waals surface area contributed by atoms with Crippen LogP contribution in [-0.2, 0) is 6.54 Å². The molecule has 0 atom stereocenters. The van der Waals surface area contributed by atoms with Crippen molar-refractivity contribution in [1.82, 2.24) is 14.5 Å². The second kappa shape index (κ2) is 4.62. The van der Waals surface area contributed by atoms with Crippen LogP contribution in [0.1, 0.15) is 0 Å². The van der Waals surface area contributed by atoms with Crippen LogP contribution in [0.4, 0.5) is 5.95 Å². The van der Waals surface area contributed by atoms with Crippen LogP contribution in [0.2, 0.25) is 0 Å². The Balaban J connectivity index is 2.04. The van der Waals surface area contributed by atoms with Crippen molar-refractivity contribution in [2.45, 2.75) is 6.54 Å². The summed E-state index contributed by atoms with van der Waals surface area (Å²) in [6, 6.07) is 3.86. The fraction of sp³-hybridized carbons (Fsp3) is 0.462. The molecule has 2 heterocycles. The SMILES string of the molecule is CN(C)CCn1c(N)nc2cc3c(cc21)OCCO3. The van der Waals surface area contributed by atoms with Gasteiger partial charge in [0.15, 0.2) is 11.5 Å². The quantitative estimate of drug-likeness (QED) is 0.892. The van der Waals surface area contributed by atoms with E-state index in [4.69, 9.17) is 15.2 Å². The van der Waals surface area contributed by atoms with Gasteiger partial charge in [-0.25, -0.2) is 4.98 Å². The predicted octanol–water partition coefficient (Wildman–Crippen LogP) is 0.951. The van der Waals surface area contributed by atoms with Gasteiger partial charge < -0.3 is 24.7 Å². The number of hydrogen-bond donors (Lipinski definition) is 1. The molecule has 0 saturated carbocycles. The van der Waals surface area contributed by atoms with Crippen LogP contribution in [0.3, 0.4) is 0 Å². The molecule has 6 heteroatoms. The molecule has 6 nitrogen and oxygen atoms in total. The van der Waals surface area contributed by atoms with Crippen molar-refractivity contribution in [3.8, 4) is 11.5 Å². The molecule has 2 aromatic rings. The number of likely N-dealkylation sites (N-methyl/N-ethyl adjacent to an activating group) is 1. The van der Waals surface area contributed by atoms with Gasteiger partial charge in [0.25, 0.3) is 0 Å². The van der Waals surface area contributed by atoms with Crippen molar-refractivity contribution >= 4 is 17.0 Å². The molecule has 0 radical (unpaired) electrons. The lowest BCUT2D eigenvalue weighted by Crippen LogP contribution is -2.19. The van der Waals surface area contributed by atoms with E-state index in [1.165, 1.54) is 0 Å². The first-order valence-corrected chi connectivity index (χ1v) is 6.35. The molecule has 1 aliphatic heterocycles. The molecule has 3 rings (SSSR count). The van der Waals surface area contributed by atoms with Gasteiger partial charge in [-0.05, 0) is 14.1 Å². The molecule has 0 saturated heterocycles. The fourth-order valence-corrected chi connectivity index (χ4v) is 2.22. The third-order valence-electron chi connectivity index (χ3n) is 3.21. The van der Waals surface area contributed by atoms with Crippen LogP contribution in [0.25, 0.3) is 11.0 Å². The third-order valence-corrected chi connectivity index (χ3v) is 3.21. The Morgan fingerprint density at radius 2 is 1.95 bits per heavy atom. The Morgan fingerprint density at radius 3 is 2.63 bits per heavy atom. The number of nitrogen functional groups attached to an aromatic ring is 1. The molecule has 1 aromatic heterocycles. The maximum atomic E-state index is 5.99. The Bertz CT molecular complexity index is 606. The second-order valence-corrected chi connectivity index (χ2v) is 4.91. The van der Waals surface area contributed by atoms with Crippen molar-refractivity contribution in [2.75, 3.05) is 39.6 Å². The number of nitrogens with two attached hydrogens (primary N) is 1. The number of aromatic nitrogens is 2. The molecular weight excluding hydrogens is 244 g/mol. The number of benzene rings is 1. The smallest absolute Gasteiger partial charge is 0.201 e. The lowest BCUT2D eigenvalue weighted by Gasteiger charge is -2.18. The monoisotopic (exact) mass is 262 g/mol. The van der Waals surface area contributed by atoms with E-state index in [2.05, 4.69) is 9.88 Å². The first kappa shape index (κ1) is 12.1. The van der Waals surface area contributed by atoms with Gasteiger partial charge in [-0.2, -0.15) is 0 Å². The summed E-state index contributed by atoms with van der Waals surface area (Å²) in [5.41, 5.74) is 7.83.